The SMILES string of the molecule is CCN(CCCCCNC(C)C)C1CCCCC1. The van der Waals surface area contributed by atoms with Gasteiger partial charge >= 0.3 is 0 Å². The summed E-state index contributed by atoms with van der Waals surface area (Å²) in [6, 6.07) is 1.54. The Morgan fingerprint density at radius 1 is 1.06 bits per heavy atom. The normalized spacial score (nSPS) is 17.8. The molecule has 0 aromatic rings. The molecule has 1 N–H and O–H groups in total. The van der Waals surface area contributed by atoms with Gasteiger partial charge in [-0.1, -0.05) is 46.5 Å². The maximum absolute atomic E-state index is 3.50. The predicted molar refractivity (Wildman–Crippen MR) is 81.1 cm³/mol. The highest BCUT2D eigenvalue weighted by Gasteiger charge is 2.18. The zero-order chi connectivity index (χ0) is 13.2. The average molecular weight is 254 g/mol. The summed E-state index contributed by atoms with van der Waals surface area (Å²) in [5.41, 5.74) is 0. The van der Waals surface area contributed by atoms with Crippen molar-refractivity contribution in [2.75, 3.05) is 19.6 Å². The van der Waals surface area contributed by atoms with Crippen LogP contribution in [0.15, 0.2) is 0 Å². The van der Waals surface area contributed by atoms with Crippen molar-refractivity contribution in [2.24, 2.45) is 0 Å². The molecule has 0 spiro atoms. The number of rotatable bonds is 9. The molecule has 1 aliphatic rings. The second kappa shape index (κ2) is 9.80. The molecular weight excluding hydrogens is 220 g/mol. The third-order valence-corrected chi connectivity index (χ3v) is 4.17. The first-order valence-electron chi connectivity index (χ1n) is 8.21. The van der Waals surface area contributed by atoms with E-state index in [1.54, 1.807) is 0 Å². The van der Waals surface area contributed by atoms with E-state index in [1.165, 1.54) is 71.0 Å². The van der Waals surface area contributed by atoms with Crippen molar-refractivity contribution in [1.29, 1.82) is 0 Å². The van der Waals surface area contributed by atoms with Gasteiger partial charge in [-0.3, -0.25) is 0 Å². The van der Waals surface area contributed by atoms with E-state index in [-0.39, 0.29) is 0 Å². The molecule has 1 saturated carbocycles. The Morgan fingerprint density at radius 2 is 1.78 bits per heavy atom. The molecule has 0 aliphatic heterocycles. The molecule has 0 heterocycles. The fourth-order valence-corrected chi connectivity index (χ4v) is 3.05. The van der Waals surface area contributed by atoms with Crippen LogP contribution in [0.2, 0.25) is 0 Å². The second-order valence-corrected chi connectivity index (χ2v) is 6.09. The third kappa shape index (κ3) is 6.75. The number of hydrogen-bond acceptors (Lipinski definition) is 2. The minimum absolute atomic E-state index is 0.638. The molecule has 2 heteroatoms. The lowest BCUT2D eigenvalue weighted by Gasteiger charge is -2.33. The molecule has 0 bridgehead atoms. The van der Waals surface area contributed by atoms with Gasteiger partial charge in [-0.05, 0) is 45.3 Å². The van der Waals surface area contributed by atoms with E-state index in [9.17, 15) is 0 Å². The van der Waals surface area contributed by atoms with Crippen molar-refractivity contribution < 1.29 is 0 Å². The van der Waals surface area contributed by atoms with Crippen LogP contribution in [0.5, 0.6) is 0 Å². The van der Waals surface area contributed by atoms with Crippen molar-refractivity contribution in [3.05, 3.63) is 0 Å². The van der Waals surface area contributed by atoms with E-state index in [0.717, 1.165) is 6.04 Å². The molecule has 108 valence electrons. The van der Waals surface area contributed by atoms with Crippen LogP contribution in [-0.2, 0) is 0 Å². The summed E-state index contributed by atoms with van der Waals surface area (Å²) < 4.78 is 0. The van der Waals surface area contributed by atoms with Gasteiger partial charge in [0.05, 0.1) is 0 Å². The Hall–Kier alpha value is -0.0800. The van der Waals surface area contributed by atoms with Gasteiger partial charge in [0.15, 0.2) is 0 Å². The Balaban J connectivity index is 2.04. The van der Waals surface area contributed by atoms with Gasteiger partial charge < -0.3 is 10.2 Å². The van der Waals surface area contributed by atoms with Gasteiger partial charge in [0.1, 0.15) is 0 Å². The highest BCUT2D eigenvalue weighted by atomic mass is 15.1. The van der Waals surface area contributed by atoms with Crippen molar-refractivity contribution in [1.82, 2.24) is 10.2 Å². The molecular formula is C16H34N2. The molecule has 0 aromatic heterocycles. The van der Waals surface area contributed by atoms with Crippen molar-refractivity contribution in [2.45, 2.75) is 84.2 Å². The first-order chi connectivity index (χ1) is 8.74. The molecule has 1 rings (SSSR count). The number of nitrogens with zero attached hydrogens (tertiary/aromatic N) is 1. The van der Waals surface area contributed by atoms with Gasteiger partial charge in [0, 0.05) is 12.1 Å². The standard InChI is InChI=1S/C16H34N2/c1-4-18(16-11-7-5-8-12-16)14-10-6-9-13-17-15(2)3/h15-17H,4-14H2,1-3H3. The molecule has 0 amide bonds. The van der Waals surface area contributed by atoms with E-state index in [4.69, 9.17) is 0 Å². The van der Waals surface area contributed by atoms with Crippen LogP contribution < -0.4 is 5.32 Å². The molecule has 1 aliphatic carbocycles. The van der Waals surface area contributed by atoms with Gasteiger partial charge in [-0.15, -0.1) is 0 Å². The Bertz CT molecular complexity index is 186. The molecule has 0 aromatic carbocycles. The molecule has 0 radical (unpaired) electrons. The Morgan fingerprint density at radius 3 is 2.39 bits per heavy atom. The van der Waals surface area contributed by atoms with Crippen LogP contribution in [0.1, 0.15) is 72.1 Å². The van der Waals surface area contributed by atoms with Gasteiger partial charge in [-0.2, -0.15) is 0 Å². The first kappa shape index (κ1) is 16.0. The maximum Gasteiger partial charge on any atom is 0.00951 e. The van der Waals surface area contributed by atoms with Gasteiger partial charge in [-0.25, -0.2) is 0 Å². The fourth-order valence-electron chi connectivity index (χ4n) is 3.05. The molecule has 2 nitrogen and oxygen atoms in total. The van der Waals surface area contributed by atoms with Crippen LogP contribution in [0.4, 0.5) is 0 Å². The Labute approximate surface area is 115 Å². The fraction of sp³-hybridized carbons (Fsp3) is 1.00. The summed E-state index contributed by atoms with van der Waals surface area (Å²) in [6.45, 7) is 10.5. The molecule has 1 fully saturated rings. The maximum atomic E-state index is 3.50. The van der Waals surface area contributed by atoms with E-state index < -0.39 is 0 Å². The molecule has 0 saturated heterocycles. The highest BCUT2D eigenvalue weighted by Crippen LogP contribution is 2.22. The largest absolute Gasteiger partial charge is 0.315 e. The predicted octanol–water partition coefficient (Wildman–Crippen LogP) is 3.81. The summed E-state index contributed by atoms with van der Waals surface area (Å²) in [5, 5.41) is 3.50. The lowest BCUT2D eigenvalue weighted by atomic mass is 9.94. The van der Waals surface area contributed by atoms with Crippen molar-refractivity contribution in [3.63, 3.8) is 0 Å². The lowest BCUT2D eigenvalue weighted by molar-refractivity contribution is 0.160. The molecule has 0 atom stereocenters. The minimum Gasteiger partial charge on any atom is -0.315 e. The average Bonchev–Trinajstić information content (AvgIpc) is 2.38. The smallest absolute Gasteiger partial charge is 0.00951 e. The second-order valence-electron chi connectivity index (χ2n) is 6.09. The van der Waals surface area contributed by atoms with Crippen molar-refractivity contribution in [3.8, 4) is 0 Å². The molecule has 0 unspecified atom stereocenters. The van der Waals surface area contributed by atoms with Crippen LogP contribution >= 0.6 is 0 Å². The van der Waals surface area contributed by atoms with Gasteiger partial charge in [0.25, 0.3) is 0 Å². The zero-order valence-electron chi connectivity index (χ0n) is 12.9. The van der Waals surface area contributed by atoms with Gasteiger partial charge in [0.2, 0.25) is 0 Å². The van der Waals surface area contributed by atoms with E-state index in [1.807, 2.05) is 0 Å². The number of unbranched alkanes of at least 4 members (excludes halogenated alkanes) is 2. The van der Waals surface area contributed by atoms with Crippen LogP contribution in [0.25, 0.3) is 0 Å². The monoisotopic (exact) mass is 254 g/mol. The quantitative estimate of drug-likeness (QED) is 0.629. The first-order valence-corrected chi connectivity index (χ1v) is 8.21. The highest BCUT2D eigenvalue weighted by molar-refractivity contribution is 4.75. The summed E-state index contributed by atoms with van der Waals surface area (Å²) >= 11 is 0. The van der Waals surface area contributed by atoms with Crippen LogP contribution in [0, 0.1) is 0 Å². The molecule has 18 heavy (non-hydrogen) atoms. The third-order valence-electron chi connectivity index (χ3n) is 4.17. The van der Waals surface area contributed by atoms with E-state index >= 15 is 0 Å². The topological polar surface area (TPSA) is 15.3 Å². The van der Waals surface area contributed by atoms with Crippen LogP contribution in [-0.4, -0.2) is 36.6 Å². The lowest BCUT2D eigenvalue weighted by Crippen LogP contribution is -2.37. The van der Waals surface area contributed by atoms with E-state index in [2.05, 4.69) is 31.0 Å². The summed E-state index contributed by atoms with van der Waals surface area (Å²) in [6.07, 6.45) is 11.4. The van der Waals surface area contributed by atoms with Crippen molar-refractivity contribution >= 4 is 0 Å². The summed E-state index contributed by atoms with van der Waals surface area (Å²) in [7, 11) is 0. The number of hydrogen-bond donors (Lipinski definition) is 1. The number of nitrogens with one attached hydrogen (secondary N) is 1. The summed E-state index contributed by atoms with van der Waals surface area (Å²) in [5.74, 6) is 0. The van der Waals surface area contributed by atoms with E-state index in [0.29, 0.717) is 6.04 Å². The minimum atomic E-state index is 0.638. The Kier molecular flexibility index (Phi) is 8.70. The zero-order valence-corrected chi connectivity index (χ0v) is 12.9. The van der Waals surface area contributed by atoms with Crippen LogP contribution in [0.3, 0.4) is 0 Å². The summed E-state index contributed by atoms with van der Waals surface area (Å²) in [4.78, 5) is 2.73.